The molecule has 0 N–H and O–H groups in total. The smallest absolute Gasteiger partial charge is 0.242 e. The maximum Gasteiger partial charge on any atom is 0.242 e. The molecule has 8 heteroatoms. The molecule has 1 atom stereocenters. The van der Waals surface area contributed by atoms with Gasteiger partial charge in [-0.2, -0.15) is 0 Å². The van der Waals surface area contributed by atoms with Crippen molar-refractivity contribution < 1.29 is 23.8 Å². The molecule has 1 saturated heterocycles. The molecule has 3 heterocycles. The van der Waals surface area contributed by atoms with Crippen molar-refractivity contribution in [2.24, 2.45) is 5.41 Å². The number of hydrogen-bond donors (Lipinski definition) is 0. The number of fused-ring (bicyclic) bond motifs is 1. The largest absolute Gasteiger partial charge is 0.454 e. The first kappa shape index (κ1) is 24.5. The second kappa shape index (κ2) is 10.8. The molecule has 2 amide bonds. The van der Waals surface area contributed by atoms with Crippen LogP contribution in [0.5, 0.6) is 11.5 Å². The SMILES string of the molecule is CC(C)(C)CC(=O)N(CC(=O)N(Cc1ccc2c(c1)OCO2)Cc1cccs1)CC1CCCO1. The van der Waals surface area contributed by atoms with E-state index < -0.39 is 0 Å². The summed E-state index contributed by atoms with van der Waals surface area (Å²) in [7, 11) is 0. The van der Waals surface area contributed by atoms with Crippen LogP contribution in [0.1, 0.15) is 50.5 Å². The lowest BCUT2D eigenvalue weighted by Gasteiger charge is -2.31. The molecule has 184 valence electrons. The minimum Gasteiger partial charge on any atom is -0.454 e. The Morgan fingerprint density at radius 3 is 2.59 bits per heavy atom. The monoisotopic (exact) mass is 486 g/mol. The third-order valence-electron chi connectivity index (χ3n) is 5.90. The van der Waals surface area contributed by atoms with Crippen molar-refractivity contribution in [3.05, 3.63) is 46.2 Å². The first-order chi connectivity index (χ1) is 16.3. The lowest BCUT2D eigenvalue weighted by atomic mass is 9.91. The summed E-state index contributed by atoms with van der Waals surface area (Å²) < 4.78 is 16.7. The van der Waals surface area contributed by atoms with Gasteiger partial charge < -0.3 is 24.0 Å². The normalized spacial score (nSPS) is 17.1. The number of carbonyl (C=O) groups is 2. The van der Waals surface area contributed by atoms with Crippen LogP contribution < -0.4 is 9.47 Å². The molecule has 1 unspecified atom stereocenters. The highest BCUT2D eigenvalue weighted by Crippen LogP contribution is 2.33. The third kappa shape index (κ3) is 6.73. The van der Waals surface area contributed by atoms with Crippen molar-refractivity contribution in [1.82, 2.24) is 9.80 Å². The summed E-state index contributed by atoms with van der Waals surface area (Å²) in [5.74, 6) is 1.33. The van der Waals surface area contributed by atoms with Crippen molar-refractivity contribution in [3.8, 4) is 11.5 Å². The van der Waals surface area contributed by atoms with Gasteiger partial charge in [0.2, 0.25) is 18.6 Å². The van der Waals surface area contributed by atoms with Gasteiger partial charge in [-0.15, -0.1) is 11.3 Å². The molecular formula is C26H34N2O5S. The third-order valence-corrected chi connectivity index (χ3v) is 6.76. The lowest BCUT2D eigenvalue weighted by Crippen LogP contribution is -2.46. The molecule has 1 aromatic carbocycles. The summed E-state index contributed by atoms with van der Waals surface area (Å²) in [5.41, 5.74) is 0.804. The molecule has 1 fully saturated rings. The van der Waals surface area contributed by atoms with E-state index in [0.717, 1.165) is 29.0 Å². The number of nitrogens with zero attached hydrogens (tertiary/aromatic N) is 2. The summed E-state index contributed by atoms with van der Waals surface area (Å²) in [4.78, 5) is 31.4. The molecule has 0 aliphatic carbocycles. The fraction of sp³-hybridized carbons (Fsp3) is 0.538. The van der Waals surface area contributed by atoms with E-state index in [2.05, 4.69) is 0 Å². The van der Waals surface area contributed by atoms with E-state index in [1.807, 2.05) is 61.4 Å². The van der Waals surface area contributed by atoms with Crippen molar-refractivity contribution in [3.63, 3.8) is 0 Å². The average Bonchev–Trinajstić information content (AvgIpc) is 3.54. The quantitative estimate of drug-likeness (QED) is 0.524. The van der Waals surface area contributed by atoms with Crippen LogP contribution >= 0.6 is 11.3 Å². The Kier molecular flexibility index (Phi) is 7.78. The Balaban J connectivity index is 1.50. The molecule has 0 radical (unpaired) electrons. The topological polar surface area (TPSA) is 68.3 Å². The van der Waals surface area contributed by atoms with E-state index in [-0.39, 0.29) is 36.7 Å². The second-order valence-electron chi connectivity index (χ2n) is 10.2. The van der Waals surface area contributed by atoms with Crippen LogP contribution in [-0.4, -0.2) is 54.2 Å². The van der Waals surface area contributed by atoms with Gasteiger partial charge in [0.15, 0.2) is 11.5 Å². The van der Waals surface area contributed by atoms with Gasteiger partial charge >= 0.3 is 0 Å². The zero-order valence-corrected chi connectivity index (χ0v) is 21.1. The summed E-state index contributed by atoms with van der Waals surface area (Å²) in [6, 6.07) is 9.77. The predicted octanol–water partition coefficient (Wildman–Crippen LogP) is 4.45. The molecule has 2 aromatic rings. The van der Waals surface area contributed by atoms with Crippen molar-refractivity contribution in [2.45, 2.75) is 59.2 Å². The Labute approximate surface area is 205 Å². The maximum atomic E-state index is 13.6. The summed E-state index contributed by atoms with van der Waals surface area (Å²) in [6.45, 7) is 8.47. The van der Waals surface area contributed by atoms with E-state index in [9.17, 15) is 9.59 Å². The molecule has 4 rings (SSSR count). The zero-order valence-electron chi connectivity index (χ0n) is 20.2. The Morgan fingerprint density at radius 1 is 1.06 bits per heavy atom. The van der Waals surface area contributed by atoms with E-state index in [4.69, 9.17) is 14.2 Å². The molecule has 2 aliphatic heterocycles. The number of benzene rings is 1. The fourth-order valence-electron chi connectivity index (χ4n) is 4.20. The second-order valence-corrected chi connectivity index (χ2v) is 11.2. The van der Waals surface area contributed by atoms with Crippen LogP contribution in [0.25, 0.3) is 0 Å². The van der Waals surface area contributed by atoms with Crippen LogP contribution in [0.4, 0.5) is 0 Å². The molecule has 1 aromatic heterocycles. The number of carbonyl (C=O) groups excluding carboxylic acids is 2. The van der Waals surface area contributed by atoms with Crippen LogP contribution in [0, 0.1) is 5.41 Å². The summed E-state index contributed by atoms with van der Waals surface area (Å²) >= 11 is 1.62. The average molecular weight is 487 g/mol. The molecule has 0 saturated carbocycles. The van der Waals surface area contributed by atoms with Crippen molar-refractivity contribution in [2.75, 3.05) is 26.5 Å². The molecule has 34 heavy (non-hydrogen) atoms. The number of thiophene rings is 1. The number of amides is 2. The number of hydrogen-bond acceptors (Lipinski definition) is 6. The van der Waals surface area contributed by atoms with Crippen LogP contribution in [0.2, 0.25) is 0 Å². The molecule has 2 aliphatic rings. The minimum atomic E-state index is -0.155. The van der Waals surface area contributed by atoms with Crippen LogP contribution in [0.3, 0.4) is 0 Å². The summed E-state index contributed by atoms with van der Waals surface area (Å²) in [6.07, 6.45) is 2.30. The number of rotatable bonds is 9. The Morgan fingerprint density at radius 2 is 1.88 bits per heavy atom. The van der Waals surface area contributed by atoms with E-state index in [1.54, 1.807) is 16.2 Å². The zero-order chi connectivity index (χ0) is 24.1. The highest BCUT2D eigenvalue weighted by atomic mass is 32.1. The van der Waals surface area contributed by atoms with E-state index >= 15 is 0 Å². The first-order valence-electron chi connectivity index (χ1n) is 11.8. The fourth-order valence-corrected chi connectivity index (χ4v) is 4.92. The van der Waals surface area contributed by atoms with E-state index in [0.29, 0.717) is 38.4 Å². The van der Waals surface area contributed by atoms with Gasteiger partial charge in [0.1, 0.15) is 0 Å². The predicted molar refractivity (Wildman–Crippen MR) is 131 cm³/mol. The minimum absolute atomic E-state index is 0.00340. The van der Waals surface area contributed by atoms with Gasteiger partial charge in [-0.3, -0.25) is 9.59 Å². The van der Waals surface area contributed by atoms with Crippen molar-refractivity contribution >= 4 is 23.2 Å². The van der Waals surface area contributed by atoms with Crippen LogP contribution in [0.15, 0.2) is 35.7 Å². The molecular weight excluding hydrogens is 452 g/mol. The lowest BCUT2D eigenvalue weighted by molar-refractivity contribution is -0.143. The summed E-state index contributed by atoms with van der Waals surface area (Å²) in [5, 5.41) is 2.01. The van der Waals surface area contributed by atoms with Gasteiger partial charge in [0.25, 0.3) is 0 Å². The van der Waals surface area contributed by atoms with Gasteiger partial charge in [-0.1, -0.05) is 32.9 Å². The molecule has 0 spiro atoms. The van der Waals surface area contributed by atoms with Gasteiger partial charge in [0.05, 0.1) is 19.2 Å². The van der Waals surface area contributed by atoms with Gasteiger partial charge in [-0.05, 0) is 47.4 Å². The number of ether oxygens (including phenoxy) is 3. The van der Waals surface area contributed by atoms with Crippen molar-refractivity contribution in [1.29, 1.82) is 0 Å². The standard InChI is InChI=1S/C26H34N2O5S/c1-26(2,3)13-24(29)28(15-20-6-4-10-31-20)17-25(30)27(16-21-7-5-11-34-21)14-19-8-9-22-23(12-19)33-18-32-22/h5,7-9,11-12,20H,4,6,10,13-18H2,1-3H3. The molecule has 0 bridgehead atoms. The highest BCUT2D eigenvalue weighted by molar-refractivity contribution is 7.09. The van der Waals surface area contributed by atoms with Gasteiger partial charge in [0, 0.05) is 31.0 Å². The maximum absolute atomic E-state index is 13.6. The van der Waals surface area contributed by atoms with Crippen LogP contribution in [-0.2, 0) is 27.4 Å². The van der Waals surface area contributed by atoms with Gasteiger partial charge in [-0.25, -0.2) is 0 Å². The highest BCUT2D eigenvalue weighted by Gasteiger charge is 2.29. The molecule has 7 nitrogen and oxygen atoms in total. The van der Waals surface area contributed by atoms with E-state index in [1.165, 1.54) is 0 Å². The first-order valence-corrected chi connectivity index (χ1v) is 12.7. The Bertz CT molecular complexity index is 980. The Hall–Kier alpha value is -2.58.